The number of rotatable bonds is 6. The molecule has 3 aromatic rings. The van der Waals surface area contributed by atoms with Crippen molar-refractivity contribution in [1.82, 2.24) is 5.32 Å². The molecule has 11 heteroatoms. The van der Waals surface area contributed by atoms with Crippen LogP contribution < -0.4 is 19.5 Å². The Labute approximate surface area is 193 Å². The van der Waals surface area contributed by atoms with Crippen LogP contribution in [-0.4, -0.2) is 27.5 Å². The van der Waals surface area contributed by atoms with Crippen molar-refractivity contribution in [2.45, 2.75) is 17.6 Å². The molecular weight excluding hydrogens is 473 g/mol. The van der Waals surface area contributed by atoms with Crippen molar-refractivity contribution >= 4 is 21.6 Å². The van der Waals surface area contributed by atoms with Gasteiger partial charge in [-0.05, 0) is 54.1 Å². The first-order valence-corrected chi connectivity index (χ1v) is 11.6. The highest BCUT2D eigenvalue weighted by Crippen LogP contribution is 2.33. The van der Waals surface area contributed by atoms with Crippen molar-refractivity contribution in [2.75, 3.05) is 17.9 Å². The highest BCUT2D eigenvalue weighted by Gasteiger charge is 2.30. The third kappa shape index (κ3) is 5.42. The first-order chi connectivity index (χ1) is 16.1. The van der Waals surface area contributed by atoms with E-state index in [2.05, 4.69) is 10.0 Å². The van der Waals surface area contributed by atoms with Gasteiger partial charge in [-0.2, -0.15) is 13.2 Å². The zero-order valence-electron chi connectivity index (χ0n) is 17.6. The van der Waals surface area contributed by atoms with Crippen molar-refractivity contribution in [1.29, 1.82) is 0 Å². The van der Waals surface area contributed by atoms with E-state index < -0.39 is 27.7 Å². The molecule has 0 aliphatic carbocycles. The second kappa shape index (κ2) is 9.26. The third-order valence-electron chi connectivity index (χ3n) is 4.93. The van der Waals surface area contributed by atoms with Gasteiger partial charge in [0.1, 0.15) is 13.2 Å². The van der Waals surface area contributed by atoms with Crippen molar-refractivity contribution < 1.29 is 35.9 Å². The lowest BCUT2D eigenvalue weighted by Gasteiger charge is -2.19. The quantitative estimate of drug-likeness (QED) is 0.538. The van der Waals surface area contributed by atoms with E-state index >= 15 is 0 Å². The summed E-state index contributed by atoms with van der Waals surface area (Å²) < 4.78 is 77.1. The molecule has 1 aliphatic rings. The van der Waals surface area contributed by atoms with Crippen LogP contribution in [-0.2, 0) is 22.7 Å². The molecule has 3 aromatic carbocycles. The Kier molecular flexibility index (Phi) is 6.38. The lowest BCUT2D eigenvalue weighted by molar-refractivity contribution is -0.137. The predicted molar refractivity (Wildman–Crippen MR) is 117 cm³/mol. The molecule has 0 aromatic heterocycles. The average Bonchev–Trinajstić information content (AvgIpc) is 2.82. The molecule has 0 radical (unpaired) electrons. The smallest absolute Gasteiger partial charge is 0.416 e. The minimum absolute atomic E-state index is 0.0142. The van der Waals surface area contributed by atoms with E-state index in [-0.39, 0.29) is 22.7 Å². The fourth-order valence-corrected chi connectivity index (χ4v) is 4.31. The minimum Gasteiger partial charge on any atom is -0.486 e. The molecule has 178 valence electrons. The standard InChI is InChI=1S/C23H19F3N2O5S/c24-23(25,26)17-3-1-2-15(12-17)14-27-22(29)16-4-6-18(7-5-16)28-34(30,31)19-8-9-20-21(13-19)33-11-10-32-20/h1-9,12-13,28H,10-11,14H2,(H,27,29). The number of alkyl halides is 3. The Hall–Kier alpha value is -3.73. The predicted octanol–water partition coefficient (Wildman–Crippen LogP) is 4.21. The number of carbonyl (C=O) groups excluding carboxylic acids is 1. The Bertz CT molecular complexity index is 1310. The summed E-state index contributed by atoms with van der Waals surface area (Å²) in [6.45, 7) is 0.611. The number of sulfonamides is 1. The van der Waals surface area contributed by atoms with Gasteiger partial charge in [-0.3, -0.25) is 9.52 Å². The largest absolute Gasteiger partial charge is 0.486 e. The average molecular weight is 492 g/mol. The van der Waals surface area contributed by atoms with Crippen LogP contribution in [0.3, 0.4) is 0 Å². The summed E-state index contributed by atoms with van der Waals surface area (Å²) in [4.78, 5) is 12.3. The van der Waals surface area contributed by atoms with Gasteiger partial charge in [0.05, 0.1) is 10.5 Å². The molecule has 0 saturated carbocycles. The number of nitrogens with one attached hydrogen (secondary N) is 2. The molecule has 0 unspecified atom stereocenters. The number of fused-ring (bicyclic) bond motifs is 1. The molecule has 1 heterocycles. The number of amides is 1. The van der Waals surface area contributed by atoms with E-state index in [4.69, 9.17) is 9.47 Å². The molecule has 4 rings (SSSR count). The van der Waals surface area contributed by atoms with E-state index in [9.17, 15) is 26.4 Å². The summed E-state index contributed by atoms with van der Waals surface area (Å²) >= 11 is 0. The molecule has 0 bridgehead atoms. The van der Waals surface area contributed by atoms with E-state index in [1.807, 2.05) is 0 Å². The van der Waals surface area contributed by atoms with E-state index in [0.29, 0.717) is 30.3 Å². The monoisotopic (exact) mass is 492 g/mol. The fourth-order valence-electron chi connectivity index (χ4n) is 3.24. The first-order valence-electron chi connectivity index (χ1n) is 10.1. The highest BCUT2D eigenvalue weighted by atomic mass is 32.2. The normalized spacial score (nSPS) is 13.3. The van der Waals surface area contributed by atoms with Crippen molar-refractivity contribution in [3.05, 3.63) is 83.4 Å². The Balaban J connectivity index is 1.39. The van der Waals surface area contributed by atoms with Crippen LogP contribution in [0.2, 0.25) is 0 Å². The van der Waals surface area contributed by atoms with Crippen molar-refractivity contribution in [3.8, 4) is 11.5 Å². The maximum atomic E-state index is 12.8. The summed E-state index contributed by atoms with van der Waals surface area (Å²) in [6.07, 6.45) is -4.47. The van der Waals surface area contributed by atoms with Gasteiger partial charge in [-0.15, -0.1) is 0 Å². The first kappa shape index (κ1) is 23.4. The van der Waals surface area contributed by atoms with Crippen LogP contribution in [0.5, 0.6) is 11.5 Å². The number of benzene rings is 3. The highest BCUT2D eigenvalue weighted by molar-refractivity contribution is 7.92. The number of anilines is 1. The van der Waals surface area contributed by atoms with Gasteiger partial charge in [0, 0.05) is 23.9 Å². The lowest BCUT2D eigenvalue weighted by atomic mass is 10.1. The molecule has 2 N–H and O–H groups in total. The summed E-state index contributed by atoms with van der Waals surface area (Å²) in [6, 6.07) is 14.6. The SMILES string of the molecule is O=C(NCc1cccc(C(F)(F)F)c1)c1ccc(NS(=O)(=O)c2ccc3c(c2)OCCO3)cc1. The molecule has 0 atom stereocenters. The zero-order chi connectivity index (χ0) is 24.3. The summed E-state index contributed by atoms with van der Waals surface area (Å²) in [5.74, 6) is 0.284. The van der Waals surface area contributed by atoms with Crippen molar-refractivity contribution in [3.63, 3.8) is 0 Å². The Morgan fingerprint density at radius 1 is 0.912 bits per heavy atom. The van der Waals surface area contributed by atoms with Gasteiger partial charge in [0.2, 0.25) is 0 Å². The molecule has 0 spiro atoms. The van der Waals surface area contributed by atoms with Crippen molar-refractivity contribution in [2.24, 2.45) is 0 Å². The maximum absolute atomic E-state index is 12.8. The van der Waals surface area contributed by atoms with E-state index in [0.717, 1.165) is 12.1 Å². The number of halogens is 3. The summed E-state index contributed by atoms with van der Waals surface area (Å²) in [5, 5.41) is 2.55. The minimum atomic E-state index is -4.47. The lowest BCUT2D eigenvalue weighted by Crippen LogP contribution is -2.23. The van der Waals surface area contributed by atoms with Crippen LogP contribution in [0.1, 0.15) is 21.5 Å². The van der Waals surface area contributed by atoms with Gasteiger partial charge >= 0.3 is 6.18 Å². The van der Waals surface area contributed by atoms with E-state index in [1.54, 1.807) is 0 Å². The second-order valence-electron chi connectivity index (χ2n) is 7.37. The molecular formula is C23H19F3N2O5S. The second-order valence-corrected chi connectivity index (χ2v) is 9.05. The molecule has 34 heavy (non-hydrogen) atoms. The number of carbonyl (C=O) groups is 1. The molecule has 1 amide bonds. The molecule has 0 saturated heterocycles. The molecule has 0 fully saturated rings. The van der Waals surface area contributed by atoms with Gasteiger partial charge in [-0.1, -0.05) is 12.1 Å². The zero-order valence-corrected chi connectivity index (χ0v) is 18.4. The number of hydrogen-bond acceptors (Lipinski definition) is 5. The maximum Gasteiger partial charge on any atom is 0.416 e. The molecule has 1 aliphatic heterocycles. The number of hydrogen-bond donors (Lipinski definition) is 2. The fraction of sp³-hybridized carbons (Fsp3) is 0.174. The van der Waals surface area contributed by atoms with Crippen LogP contribution in [0, 0.1) is 0 Å². The Morgan fingerprint density at radius 3 is 2.32 bits per heavy atom. The van der Waals surface area contributed by atoms with Gasteiger partial charge in [0.15, 0.2) is 11.5 Å². The summed E-state index contributed by atoms with van der Waals surface area (Å²) in [7, 11) is -3.92. The Morgan fingerprint density at radius 2 is 1.62 bits per heavy atom. The van der Waals surface area contributed by atoms with Crippen LogP contribution in [0.15, 0.2) is 71.6 Å². The topological polar surface area (TPSA) is 93.7 Å². The van der Waals surface area contributed by atoms with Crippen LogP contribution >= 0.6 is 0 Å². The van der Waals surface area contributed by atoms with Crippen LogP contribution in [0.4, 0.5) is 18.9 Å². The van der Waals surface area contributed by atoms with E-state index in [1.165, 1.54) is 54.6 Å². The van der Waals surface area contributed by atoms with Crippen LogP contribution in [0.25, 0.3) is 0 Å². The third-order valence-corrected chi connectivity index (χ3v) is 6.31. The van der Waals surface area contributed by atoms with Gasteiger partial charge in [-0.25, -0.2) is 8.42 Å². The molecule has 7 nitrogen and oxygen atoms in total. The van der Waals surface area contributed by atoms with Gasteiger partial charge in [0.25, 0.3) is 15.9 Å². The summed E-state index contributed by atoms with van der Waals surface area (Å²) in [5.41, 5.74) is -0.0561. The van der Waals surface area contributed by atoms with Gasteiger partial charge < -0.3 is 14.8 Å². The number of ether oxygens (including phenoxy) is 2.